The van der Waals surface area contributed by atoms with Gasteiger partial charge in [-0.1, -0.05) is 39.7 Å². The van der Waals surface area contributed by atoms with E-state index in [-0.39, 0.29) is 5.88 Å². The number of aromatic amines is 1. The van der Waals surface area contributed by atoms with Crippen molar-refractivity contribution in [3.8, 4) is 5.88 Å². The van der Waals surface area contributed by atoms with Gasteiger partial charge in [0, 0.05) is 27.5 Å². The van der Waals surface area contributed by atoms with Crippen LogP contribution in [0.2, 0.25) is 0 Å². The van der Waals surface area contributed by atoms with Gasteiger partial charge < -0.3 is 15.8 Å². The number of nitrogens with two attached hydrogens (primary N) is 1. The standard InChI is InChI=1S/C18H18BrN3O/c1-11-3-2-4-12(9-11)17(21-8-7-20)16-14-10-13(19)5-6-15(14)22-18(16)23/h2-6,9-10,22-23H,7-8,20H2,1H3. The maximum Gasteiger partial charge on any atom is 0.199 e. The SMILES string of the molecule is Cc1cccc(C(=NCCN)c2c(O)[nH]c3ccc(Br)cc23)c1. The minimum Gasteiger partial charge on any atom is -0.494 e. The Morgan fingerprint density at radius 1 is 1.26 bits per heavy atom. The van der Waals surface area contributed by atoms with Gasteiger partial charge in [-0.2, -0.15) is 0 Å². The molecule has 4 N–H and O–H groups in total. The molecule has 1 aromatic heterocycles. The first-order valence-electron chi connectivity index (χ1n) is 7.42. The molecule has 4 nitrogen and oxygen atoms in total. The number of aryl methyl sites for hydroxylation is 1. The summed E-state index contributed by atoms with van der Waals surface area (Å²) >= 11 is 3.49. The van der Waals surface area contributed by atoms with Gasteiger partial charge in [0.2, 0.25) is 0 Å². The van der Waals surface area contributed by atoms with Gasteiger partial charge >= 0.3 is 0 Å². The third-order valence-electron chi connectivity index (χ3n) is 3.67. The summed E-state index contributed by atoms with van der Waals surface area (Å²) in [6.07, 6.45) is 0. The van der Waals surface area contributed by atoms with E-state index in [1.807, 2.05) is 43.3 Å². The van der Waals surface area contributed by atoms with Crippen LogP contribution < -0.4 is 5.73 Å². The molecule has 118 valence electrons. The van der Waals surface area contributed by atoms with Crippen molar-refractivity contribution in [2.24, 2.45) is 10.7 Å². The topological polar surface area (TPSA) is 74.4 Å². The quantitative estimate of drug-likeness (QED) is 0.611. The Morgan fingerprint density at radius 2 is 2.09 bits per heavy atom. The van der Waals surface area contributed by atoms with Crippen LogP contribution in [0.3, 0.4) is 0 Å². The molecule has 0 atom stereocenters. The van der Waals surface area contributed by atoms with Crippen LogP contribution in [0, 0.1) is 6.92 Å². The normalized spacial score (nSPS) is 12.0. The molecule has 0 aliphatic rings. The number of fused-ring (bicyclic) bond motifs is 1. The van der Waals surface area contributed by atoms with Crippen molar-refractivity contribution in [3.63, 3.8) is 0 Å². The molecule has 0 radical (unpaired) electrons. The molecule has 0 fully saturated rings. The maximum atomic E-state index is 10.4. The van der Waals surface area contributed by atoms with Crippen LogP contribution in [0.15, 0.2) is 51.9 Å². The first kappa shape index (κ1) is 15.8. The molecule has 0 saturated carbocycles. The van der Waals surface area contributed by atoms with E-state index in [0.29, 0.717) is 18.7 Å². The molecule has 5 heteroatoms. The number of hydrogen-bond donors (Lipinski definition) is 3. The van der Waals surface area contributed by atoms with Crippen LogP contribution in [0.1, 0.15) is 16.7 Å². The molecule has 3 aromatic rings. The second-order valence-electron chi connectivity index (χ2n) is 5.43. The summed E-state index contributed by atoms with van der Waals surface area (Å²) in [5.41, 5.74) is 10.1. The summed E-state index contributed by atoms with van der Waals surface area (Å²) in [7, 11) is 0. The molecule has 0 saturated heterocycles. The van der Waals surface area contributed by atoms with Gasteiger partial charge in [-0.3, -0.25) is 4.99 Å². The first-order chi connectivity index (χ1) is 11.1. The number of halogens is 1. The minimum atomic E-state index is 0.121. The van der Waals surface area contributed by atoms with Crippen LogP contribution in [0.4, 0.5) is 0 Å². The third-order valence-corrected chi connectivity index (χ3v) is 4.16. The van der Waals surface area contributed by atoms with E-state index in [9.17, 15) is 5.11 Å². The number of hydrogen-bond acceptors (Lipinski definition) is 3. The van der Waals surface area contributed by atoms with Crippen molar-refractivity contribution in [2.75, 3.05) is 13.1 Å². The average Bonchev–Trinajstić information content (AvgIpc) is 2.84. The number of aromatic nitrogens is 1. The second kappa shape index (κ2) is 6.56. The molecule has 3 rings (SSSR count). The fourth-order valence-electron chi connectivity index (χ4n) is 2.67. The van der Waals surface area contributed by atoms with E-state index in [0.717, 1.165) is 32.2 Å². The van der Waals surface area contributed by atoms with Crippen molar-refractivity contribution in [1.29, 1.82) is 0 Å². The number of benzene rings is 2. The van der Waals surface area contributed by atoms with Crippen molar-refractivity contribution in [3.05, 3.63) is 63.6 Å². The lowest BCUT2D eigenvalue weighted by molar-refractivity contribution is 0.457. The predicted molar refractivity (Wildman–Crippen MR) is 98.4 cm³/mol. The molecule has 0 unspecified atom stereocenters. The summed E-state index contributed by atoms with van der Waals surface area (Å²) < 4.78 is 0.952. The highest BCUT2D eigenvalue weighted by Crippen LogP contribution is 2.32. The molecule has 0 amide bonds. The summed E-state index contributed by atoms with van der Waals surface area (Å²) in [5, 5.41) is 11.4. The average molecular weight is 372 g/mol. The Kier molecular flexibility index (Phi) is 4.50. The number of rotatable bonds is 4. The first-order valence-corrected chi connectivity index (χ1v) is 8.21. The van der Waals surface area contributed by atoms with Gasteiger partial charge in [0.25, 0.3) is 0 Å². The molecule has 23 heavy (non-hydrogen) atoms. The zero-order chi connectivity index (χ0) is 16.4. The van der Waals surface area contributed by atoms with Crippen LogP contribution in [0.5, 0.6) is 5.88 Å². The fourth-order valence-corrected chi connectivity index (χ4v) is 3.03. The highest BCUT2D eigenvalue weighted by molar-refractivity contribution is 9.10. The Balaban J connectivity index is 2.25. The summed E-state index contributed by atoms with van der Waals surface area (Å²) in [4.78, 5) is 7.65. The summed E-state index contributed by atoms with van der Waals surface area (Å²) in [6.45, 7) is 3.00. The zero-order valence-corrected chi connectivity index (χ0v) is 14.4. The Hall–Kier alpha value is -2.11. The molecule has 0 bridgehead atoms. The number of nitrogens with one attached hydrogen (secondary N) is 1. The van der Waals surface area contributed by atoms with Gasteiger partial charge in [0.05, 0.1) is 17.8 Å². The number of H-pyrrole nitrogens is 1. The fraction of sp³-hybridized carbons (Fsp3) is 0.167. The van der Waals surface area contributed by atoms with E-state index in [1.54, 1.807) is 0 Å². The van der Waals surface area contributed by atoms with Crippen molar-refractivity contribution in [2.45, 2.75) is 6.92 Å². The van der Waals surface area contributed by atoms with E-state index in [1.165, 1.54) is 0 Å². The lowest BCUT2D eigenvalue weighted by atomic mass is 9.99. The zero-order valence-electron chi connectivity index (χ0n) is 12.8. The molecular weight excluding hydrogens is 354 g/mol. The smallest absolute Gasteiger partial charge is 0.199 e. The van der Waals surface area contributed by atoms with Gasteiger partial charge in [0.1, 0.15) is 0 Å². The largest absolute Gasteiger partial charge is 0.494 e. The summed E-state index contributed by atoms with van der Waals surface area (Å²) in [5.74, 6) is 0.121. The maximum absolute atomic E-state index is 10.4. The molecule has 0 aliphatic heterocycles. The van der Waals surface area contributed by atoms with Crippen LogP contribution in [-0.4, -0.2) is 28.9 Å². The van der Waals surface area contributed by atoms with Crippen molar-refractivity contribution in [1.82, 2.24) is 4.98 Å². The van der Waals surface area contributed by atoms with Crippen LogP contribution in [0.25, 0.3) is 10.9 Å². The van der Waals surface area contributed by atoms with Crippen molar-refractivity contribution >= 4 is 32.5 Å². The van der Waals surface area contributed by atoms with Crippen molar-refractivity contribution < 1.29 is 5.11 Å². The molecule has 0 aliphatic carbocycles. The van der Waals surface area contributed by atoms with E-state index < -0.39 is 0 Å². The van der Waals surface area contributed by atoms with E-state index >= 15 is 0 Å². The van der Waals surface area contributed by atoms with Gasteiger partial charge in [-0.25, -0.2) is 0 Å². The monoisotopic (exact) mass is 371 g/mol. The number of aromatic hydroxyl groups is 1. The van der Waals surface area contributed by atoms with Crippen LogP contribution >= 0.6 is 15.9 Å². The van der Waals surface area contributed by atoms with Crippen LogP contribution in [-0.2, 0) is 0 Å². The van der Waals surface area contributed by atoms with Gasteiger partial charge in [0.15, 0.2) is 5.88 Å². The lowest BCUT2D eigenvalue weighted by Crippen LogP contribution is -2.09. The summed E-state index contributed by atoms with van der Waals surface area (Å²) in [6, 6.07) is 13.9. The number of nitrogens with zero attached hydrogens (tertiary/aromatic N) is 1. The molecule has 2 aromatic carbocycles. The second-order valence-corrected chi connectivity index (χ2v) is 6.34. The lowest BCUT2D eigenvalue weighted by Gasteiger charge is -2.08. The molecule has 1 heterocycles. The minimum absolute atomic E-state index is 0.121. The molecular formula is C18H18BrN3O. The Bertz CT molecular complexity index is 883. The third kappa shape index (κ3) is 3.16. The molecule has 0 spiro atoms. The highest BCUT2D eigenvalue weighted by Gasteiger charge is 2.18. The number of aliphatic imine (C=N–C) groups is 1. The predicted octanol–water partition coefficient (Wildman–Crippen LogP) is 3.74. The van der Waals surface area contributed by atoms with Gasteiger partial charge in [-0.05, 0) is 31.2 Å². The Labute approximate surface area is 143 Å². The Morgan fingerprint density at radius 3 is 2.83 bits per heavy atom. The van der Waals surface area contributed by atoms with Gasteiger partial charge in [-0.15, -0.1) is 0 Å². The highest BCUT2D eigenvalue weighted by atomic mass is 79.9. The van der Waals surface area contributed by atoms with E-state index in [4.69, 9.17) is 5.73 Å². The van der Waals surface area contributed by atoms with E-state index in [2.05, 4.69) is 32.0 Å².